The fourth-order valence-electron chi connectivity index (χ4n) is 3.69. The van der Waals surface area contributed by atoms with Gasteiger partial charge in [0.05, 0.1) is 22.5 Å². The Balaban J connectivity index is 1.30. The Kier molecular flexibility index (Phi) is 6.34. The Morgan fingerprint density at radius 3 is 2.70 bits per heavy atom. The number of amides is 2. The van der Waals surface area contributed by atoms with Crippen molar-refractivity contribution < 1.29 is 14.0 Å². The summed E-state index contributed by atoms with van der Waals surface area (Å²) in [5, 5.41) is 0.576. The minimum Gasteiger partial charge on any atom is -0.465 e. The highest BCUT2D eigenvalue weighted by Crippen LogP contribution is 2.49. The molecule has 0 N–H and O–H groups in total. The molecule has 5 nitrogen and oxygen atoms in total. The van der Waals surface area contributed by atoms with Gasteiger partial charge in [-0.15, -0.1) is 0 Å². The van der Waals surface area contributed by atoms with Crippen molar-refractivity contribution >= 4 is 80.9 Å². The SMILES string of the molecule is O=C1/C(=C\c2ccco2)SC(=S)N1CCCC(=O)N1c2ccccc2Sc2ccc(Cl)cc21. The van der Waals surface area contributed by atoms with Crippen molar-refractivity contribution in [1.29, 1.82) is 0 Å². The van der Waals surface area contributed by atoms with E-state index in [0.29, 0.717) is 33.0 Å². The number of thioether (sulfide) groups is 1. The lowest BCUT2D eigenvalue weighted by Crippen LogP contribution is -2.32. The largest absolute Gasteiger partial charge is 0.465 e. The second-order valence-corrected chi connectivity index (χ2v) is 10.6. The first kappa shape index (κ1) is 22.3. The third kappa shape index (κ3) is 4.48. The number of fused-ring (bicyclic) bond motifs is 2. The number of thiocarbonyl (C=S) groups is 1. The highest BCUT2D eigenvalue weighted by Gasteiger charge is 2.33. The Bertz CT molecular complexity index is 1290. The number of nitrogens with zero attached hydrogens (tertiary/aromatic N) is 2. The monoisotopic (exact) mass is 512 g/mol. The summed E-state index contributed by atoms with van der Waals surface area (Å²) in [7, 11) is 0. The highest BCUT2D eigenvalue weighted by molar-refractivity contribution is 8.26. The van der Waals surface area contributed by atoms with Crippen molar-refractivity contribution in [3.63, 3.8) is 0 Å². The number of furan rings is 1. The van der Waals surface area contributed by atoms with Gasteiger partial charge in [0.15, 0.2) is 0 Å². The van der Waals surface area contributed by atoms with Crippen LogP contribution in [-0.2, 0) is 9.59 Å². The molecule has 0 saturated carbocycles. The van der Waals surface area contributed by atoms with Gasteiger partial charge in [-0.1, -0.05) is 59.5 Å². The predicted octanol–water partition coefficient (Wildman–Crippen LogP) is 6.74. The number of hydrogen-bond donors (Lipinski definition) is 0. The lowest BCUT2D eigenvalue weighted by Gasteiger charge is -2.31. The number of anilines is 2. The van der Waals surface area contributed by atoms with Gasteiger partial charge in [-0.2, -0.15) is 0 Å². The fourth-order valence-corrected chi connectivity index (χ4v) is 6.19. The van der Waals surface area contributed by atoms with E-state index >= 15 is 0 Å². The van der Waals surface area contributed by atoms with E-state index in [9.17, 15) is 9.59 Å². The molecule has 5 rings (SSSR count). The number of para-hydroxylation sites is 1. The van der Waals surface area contributed by atoms with Gasteiger partial charge in [-0.25, -0.2) is 0 Å². The first-order valence-electron chi connectivity index (χ1n) is 10.2. The number of carbonyl (C=O) groups is 2. The Labute approximate surface area is 209 Å². The van der Waals surface area contributed by atoms with E-state index in [1.165, 1.54) is 11.8 Å². The number of rotatable bonds is 5. The number of benzene rings is 2. The van der Waals surface area contributed by atoms with E-state index in [2.05, 4.69) is 0 Å². The van der Waals surface area contributed by atoms with Crippen molar-refractivity contribution in [3.8, 4) is 0 Å². The standard InChI is InChI=1S/C24H17ClN2O3S3/c25-15-9-10-20-18(13-15)27(17-6-1-2-7-19(17)32-20)22(28)8-3-11-26-23(29)21(33-24(26)31)14-16-5-4-12-30-16/h1-2,4-7,9-10,12-14H,3,8,11H2/b21-14+. The molecular formula is C24H17ClN2O3S3. The van der Waals surface area contributed by atoms with Crippen LogP contribution in [0.4, 0.5) is 11.4 Å². The van der Waals surface area contributed by atoms with Crippen molar-refractivity contribution in [3.05, 3.63) is 76.5 Å². The highest BCUT2D eigenvalue weighted by atomic mass is 35.5. The van der Waals surface area contributed by atoms with Crippen LogP contribution >= 0.6 is 47.3 Å². The molecule has 1 fully saturated rings. The number of hydrogen-bond acceptors (Lipinski definition) is 6. The van der Waals surface area contributed by atoms with E-state index in [4.69, 9.17) is 28.2 Å². The molecule has 0 spiro atoms. The first-order chi connectivity index (χ1) is 16.0. The van der Waals surface area contributed by atoms with Crippen LogP contribution in [0.25, 0.3) is 6.08 Å². The van der Waals surface area contributed by atoms with Crippen LogP contribution in [0.1, 0.15) is 18.6 Å². The number of carbonyl (C=O) groups excluding carboxylic acids is 2. The Hall–Kier alpha value is -2.52. The second-order valence-electron chi connectivity index (χ2n) is 7.36. The van der Waals surface area contributed by atoms with Crippen molar-refractivity contribution in [2.45, 2.75) is 22.6 Å². The quantitative estimate of drug-likeness (QED) is 0.278. The topological polar surface area (TPSA) is 53.8 Å². The molecule has 1 aromatic heterocycles. The molecule has 2 aliphatic heterocycles. The molecule has 0 atom stereocenters. The van der Waals surface area contributed by atoms with E-state index in [0.717, 1.165) is 21.2 Å². The molecule has 0 aliphatic carbocycles. The van der Waals surface area contributed by atoms with Gasteiger partial charge in [-0.05, 0) is 48.9 Å². The third-order valence-electron chi connectivity index (χ3n) is 5.20. The smallest absolute Gasteiger partial charge is 0.266 e. The molecular weight excluding hydrogens is 496 g/mol. The summed E-state index contributed by atoms with van der Waals surface area (Å²) >= 11 is 14.5. The summed E-state index contributed by atoms with van der Waals surface area (Å²) in [4.78, 5) is 31.9. The zero-order valence-corrected chi connectivity index (χ0v) is 20.4. The van der Waals surface area contributed by atoms with Crippen molar-refractivity contribution in [2.75, 3.05) is 11.4 Å². The van der Waals surface area contributed by atoms with E-state index in [-0.39, 0.29) is 18.2 Å². The lowest BCUT2D eigenvalue weighted by molar-refractivity contribution is -0.123. The van der Waals surface area contributed by atoms with Gasteiger partial charge in [0.25, 0.3) is 5.91 Å². The molecule has 166 valence electrons. The normalized spacial score (nSPS) is 16.3. The first-order valence-corrected chi connectivity index (χ1v) is 12.6. The van der Waals surface area contributed by atoms with Gasteiger partial charge in [-0.3, -0.25) is 19.4 Å². The summed E-state index contributed by atoms with van der Waals surface area (Å²) in [6, 6.07) is 16.9. The maximum atomic E-state index is 13.4. The fraction of sp³-hybridized carbons (Fsp3) is 0.125. The van der Waals surface area contributed by atoms with Crippen LogP contribution in [-0.4, -0.2) is 27.6 Å². The Morgan fingerprint density at radius 1 is 1.06 bits per heavy atom. The third-order valence-corrected chi connectivity index (χ3v) is 7.94. The predicted molar refractivity (Wildman–Crippen MR) is 137 cm³/mol. The molecule has 0 bridgehead atoms. The lowest BCUT2D eigenvalue weighted by atomic mass is 10.2. The van der Waals surface area contributed by atoms with Gasteiger partial charge in [0.1, 0.15) is 10.1 Å². The van der Waals surface area contributed by atoms with Gasteiger partial charge in [0, 0.05) is 33.9 Å². The van der Waals surface area contributed by atoms with Crippen molar-refractivity contribution in [2.24, 2.45) is 0 Å². The molecule has 2 aromatic carbocycles. The zero-order chi connectivity index (χ0) is 22.9. The molecule has 3 heterocycles. The maximum absolute atomic E-state index is 13.4. The molecule has 2 aliphatic rings. The zero-order valence-electron chi connectivity index (χ0n) is 17.2. The van der Waals surface area contributed by atoms with Crippen LogP contribution in [0, 0.1) is 0 Å². The van der Waals surface area contributed by atoms with E-state index in [1.807, 2.05) is 42.5 Å². The average Bonchev–Trinajstić information content (AvgIpc) is 3.41. The minimum atomic E-state index is -0.161. The molecule has 0 radical (unpaired) electrons. The maximum Gasteiger partial charge on any atom is 0.266 e. The molecule has 3 aromatic rings. The molecule has 0 unspecified atom stereocenters. The van der Waals surface area contributed by atoms with Crippen LogP contribution < -0.4 is 4.90 Å². The van der Waals surface area contributed by atoms with Crippen molar-refractivity contribution in [1.82, 2.24) is 4.90 Å². The summed E-state index contributed by atoms with van der Waals surface area (Å²) in [5.41, 5.74) is 1.62. The number of halogens is 1. The summed E-state index contributed by atoms with van der Waals surface area (Å²) in [6.07, 6.45) is 3.99. The van der Waals surface area contributed by atoms with Gasteiger partial charge >= 0.3 is 0 Å². The van der Waals surface area contributed by atoms with E-state index in [1.54, 1.807) is 46.0 Å². The van der Waals surface area contributed by atoms with Crippen LogP contribution in [0.15, 0.2) is 80.0 Å². The van der Waals surface area contributed by atoms with Crippen LogP contribution in [0.2, 0.25) is 5.02 Å². The minimum absolute atomic E-state index is 0.0529. The average molecular weight is 513 g/mol. The summed E-state index contributed by atoms with van der Waals surface area (Å²) in [5.74, 6) is 0.387. The van der Waals surface area contributed by atoms with Crippen LogP contribution in [0.5, 0.6) is 0 Å². The van der Waals surface area contributed by atoms with E-state index < -0.39 is 0 Å². The molecule has 9 heteroatoms. The molecule has 33 heavy (non-hydrogen) atoms. The van der Waals surface area contributed by atoms with Gasteiger partial charge in [0.2, 0.25) is 5.91 Å². The summed E-state index contributed by atoms with van der Waals surface area (Å²) < 4.78 is 5.78. The molecule has 2 amide bonds. The van der Waals surface area contributed by atoms with Crippen LogP contribution in [0.3, 0.4) is 0 Å². The Morgan fingerprint density at radius 2 is 1.88 bits per heavy atom. The van der Waals surface area contributed by atoms with Gasteiger partial charge < -0.3 is 4.42 Å². The molecule has 1 saturated heterocycles. The second kappa shape index (κ2) is 9.38. The summed E-state index contributed by atoms with van der Waals surface area (Å²) in [6.45, 7) is 0.374.